The van der Waals surface area contributed by atoms with Crippen LogP contribution in [0.4, 0.5) is 0 Å². The molecule has 0 unspecified atom stereocenters. The van der Waals surface area contributed by atoms with Gasteiger partial charge in [0, 0.05) is 49.3 Å². The van der Waals surface area contributed by atoms with Crippen LogP contribution in [0.25, 0.3) is 10.9 Å². The van der Waals surface area contributed by atoms with E-state index in [9.17, 15) is 4.79 Å². The molecule has 0 radical (unpaired) electrons. The van der Waals surface area contributed by atoms with Gasteiger partial charge in [0.05, 0.1) is 12.0 Å². The number of aromatic nitrogens is 2. The summed E-state index contributed by atoms with van der Waals surface area (Å²) in [6, 6.07) is 12.3. The summed E-state index contributed by atoms with van der Waals surface area (Å²) in [5.41, 5.74) is 2.22. The minimum absolute atomic E-state index is 0.112. The molecule has 0 spiro atoms. The quantitative estimate of drug-likeness (QED) is 0.716. The number of hydrogen-bond donors (Lipinski definition) is 2. The Kier molecular flexibility index (Phi) is 4.80. The Morgan fingerprint density at radius 1 is 1.15 bits per heavy atom. The van der Waals surface area contributed by atoms with Crippen LogP contribution in [0.15, 0.2) is 55.0 Å². The number of nitrogens with zero attached hydrogens (tertiary/aromatic N) is 1. The van der Waals surface area contributed by atoms with Crippen LogP contribution in [0.5, 0.6) is 0 Å². The maximum Gasteiger partial charge on any atom is 0.222 e. The molecule has 0 atom stereocenters. The molecule has 1 aliphatic rings. The molecule has 26 heavy (non-hydrogen) atoms. The molecule has 0 aliphatic carbocycles. The minimum Gasteiger partial charge on any atom is -0.381 e. The van der Waals surface area contributed by atoms with Gasteiger partial charge in [0.1, 0.15) is 0 Å². The van der Waals surface area contributed by atoms with Gasteiger partial charge in [0.25, 0.3) is 0 Å². The summed E-state index contributed by atoms with van der Waals surface area (Å²) in [4.78, 5) is 15.9. The minimum atomic E-state index is -0.160. The van der Waals surface area contributed by atoms with Gasteiger partial charge in [-0.2, -0.15) is 0 Å². The predicted molar refractivity (Wildman–Crippen MR) is 102 cm³/mol. The van der Waals surface area contributed by atoms with E-state index in [2.05, 4.69) is 39.4 Å². The summed E-state index contributed by atoms with van der Waals surface area (Å²) in [6.45, 7) is 2.07. The standard InChI is InChI=1S/C21H25N3O2/c25-20(15-21(8-13-26-14-9-21)24-11-3-4-12-24)22-10-7-17-16-23-19-6-2-1-5-18(17)19/h1-6,11-12,16,23H,7-10,13-15H2,(H,22,25). The summed E-state index contributed by atoms with van der Waals surface area (Å²) in [5, 5.41) is 4.34. The largest absolute Gasteiger partial charge is 0.381 e. The fourth-order valence-corrected chi connectivity index (χ4v) is 3.96. The summed E-state index contributed by atoms with van der Waals surface area (Å²) in [7, 11) is 0. The third-order valence-electron chi connectivity index (χ3n) is 5.46. The van der Waals surface area contributed by atoms with Crippen molar-refractivity contribution in [3.05, 3.63) is 60.6 Å². The summed E-state index contributed by atoms with van der Waals surface area (Å²) >= 11 is 0. The first kappa shape index (κ1) is 16.9. The second kappa shape index (κ2) is 7.38. The number of H-pyrrole nitrogens is 1. The van der Waals surface area contributed by atoms with Crippen LogP contribution in [0.2, 0.25) is 0 Å². The smallest absolute Gasteiger partial charge is 0.222 e. The number of rotatable bonds is 6. The predicted octanol–water partition coefficient (Wildman–Crippen LogP) is 3.22. The lowest BCUT2D eigenvalue weighted by molar-refractivity contribution is -0.124. The Balaban J connectivity index is 1.37. The molecule has 2 N–H and O–H groups in total. The van der Waals surface area contributed by atoms with Gasteiger partial charge in [-0.15, -0.1) is 0 Å². The van der Waals surface area contributed by atoms with Crippen LogP contribution in [-0.4, -0.2) is 35.2 Å². The lowest BCUT2D eigenvalue weighted by Gasteiger charge is -2.38. The highest BCUT2D eigenvalue weighted by atomic mass is 16.5. The molecular formula is C21H25N3O2. The van der Waals surface area contributed by atoms with Gasteiger partial charge in [-0.3, -0.25) is 4.79 Å². The van der Waals surface area contributed by atoms with Gasteiger partial charge in [0.2, 0.25) is 5.91 Å². The van der Waals surface area contributed by atoms with E-state index in [1.165, 1.54) is 10.9 Å². The molecule has 4 rings (SSSR count). The highest BCUT2D eigenvalue weighted by Crippen LogP contribution is 2.32. The monoisotopic (exact) mass is 351 g/mol. The van der Waals surface area contributed by atoms with Gasteiger partial charge in [0.15, 0.2) is 0 Å². The van der Waals surface area contributed by atoms with E-state index in [0.29, 0.717) is 26.2 Å². The fraction of sp³-hybridized carbons (Fsp3) is 0.381. The number of para-hydroxylation sites is 1. The SMILES string of the molecule is O=C(CC1(n2cccc2)CCOCC1)NCCc1c[nH]c2ccccc12. The van der Waals surface area contributed by atoms with Crippen LogP contribution in [0.3, 0.4) is 0 Å². The molecule has 3 aromatic rings. The van der Waals surface area contributed by atoms with Crippen LogP contribution in [-0.2, 0) is 21.5 Å². The first-order chi connectivity index (χ1) is 12.8. The topological polar surface area (TPSA) is 59.0 Å². The number of aromatic amines is 1. The average Bonchev–Trinajstić information content (AvgIpc) is 3.33. The number of nitrogens with one attached hydrogen (secondary N) is 2. The normalized spacial score (nSPS) is 16.6. The van der Waals surface area contributed by atoms with Crippen molar-refractivity contribution in [2.45, 2.75) is 31.2 Å². The van der Waals surface area contributed by atoms with Crippen molar-refractivity contribution >= 4 is 16.8 Å². The second-order valence-corrected chi connectivity index (χ2v) is 7.06. The molecule has 1 fully saturated rings. The molecule has 5 heteroatoms. The molecule has 5 nitrogen and oxygen atoms in total. The Morgan fingerprint density at radius 2 is 1.92 bits per heavy atom. The van der Waals surface area contributed by atoms with Gasteiger partial charge in [-0.1, -0.05) is 18.2 Å². The number of ether oxygens (including phenoxy) is 1. The zero-order valence-corrected chi connectivity index (χ0v) is 14.9. The summed E-state index contributed by atoms with van der Waals surface area (Å²) in [6.07, 6.45) is 9.23. The number of hydrogen-bond acceptors (Lipinski definition) is 2. The van der Waals surface area contributed by atoms with E-state index in [1.807, 2.05) is 30.5 Å². The summed E-state index contributed by atoms with van der Waals surface area (Å²) in [5.74, 6) is 0.112. The molecule has 1 saturated heterocycles. The van der Waals surface area contributed by atoms with Crippen molar-refractivity contribution in [3.63, 3.8) is 0 Å². The number of amides is 1. The van der Waals surface area contributed by atoms with Crippen molar-refractivity contribution in [1.29, 1.82) is 0 Å². The molecule has 0 bridgehead atoms. The van der Waals surface area contributed by atoms with Crippen LogP contribution in [0, 0.1) is 0 Å². The van der Waals surface area contributed by atoms with E-state index in [0.717, 1.165) is 24.8 Å². The highest BCUT2D eigenvalue weighted by molar-refractivity contribution is 5.83. The molecule has 1 aromatic carbocycles. The maximum absolute atomic E-state index is 12.6. The van der Waals surface area contributed by atoms with Crippen LogP contribution in [0.1, 0.15) is 24.8 Å². The first-order valence-electron chi connectivity index (χ1n) is 9.30. The summed E-state index contributed by atoms with van der Waals surface area (Å²) < 4.78 is 7.72. The highest BCUT2D eigenvalue weighted by Gasteiger charge is 2.35. The molecule has 0 saturated carbocycles. The lowest BCUT2D eigenvalue weighted by Crippen LogP contribution is -2.43. The van der Waals surface area contributed by atoms with Gasteiger partial charge in [-0.05, 0) is 43.0 Å². The maximum atomic E-state index is 12.6. The van der Waals surface area contributed by atoms with E-state index < -0.39 is 0 Å². The number of carbonyl (C=O) groups is 1. The van der Waals surface area contributed by atoms with Crippen LogP contribution < -0.4 is 5.32 Å². The van der Waals surface area contributed by atoms with Crippen molar-refractivity contribution in [1.82, 2.24) is 14.9 Å². The van der Waals surface area contributed by atoms with Gasteiger partial charge in [-0.25, -0.2) is 0 Å². The Morgan fingerprint density at radius 3 is 2.73 bits per heavy atom. The molecule has 1 amide bonds. The van der Waals surface area contributed by atoms with Gasteiger partial charge >= 0.3 is 0 Å². The fourth-order valence-electron chi connectivity index (χ4n) is 3.96. The number of carbonyl (C=O) groups excluding carboxylic acids is 1. The second-order valence-electron chi connectivity index (χ2n) is 7.06. The molecule has 2 aromatic heterocycles. The van der Waals surface area contributed by atoms with Crippen molar-refractivity contribution in [2.24, 2.45) is 0 Å². The van der Waals surface area contributed by atoms with Crippen molar-refractivity contribution < 1.29 is 9.53 Å². The molecule has 136 valence electrons. The van der Waals surface area contributed by atoms with Crippen molar-refractivity contribution in [2.75, 3.05) is 19.8 Å². The Bertz CT molecular complexity index is 860. The van der Waals surface area contributed by atoms with Crippen LogP contribution >= 0.6 is 0 Å². The molecule has 3 heterocycles. The first-order valence-corrected chi connectivity index (χ1v) is 9.30. The van der Waals surface area contributed by atoms with Crippen molar-refractivity contribution in [3.8, 4) is 0 Å². The van der Waals surface area contributed by atoms with E-state index in [4.69, 9.17) is 4.74 Å². The number of fused-ring (bicyclic) bond motifs is 1. The third-order valence-corrected chi connectivity index (χ3v) is 5.46. The Labute approximate surface area is 153 Å². The molecular weight excluding hydrogens is 326 g/mol. The Hall–Kier alpha value is -2.53. The van der Waals surface area contributed by atoms with E-state index >= 15 is 0 Å². The zero-order valence-electron chi connectivity index (χ0n) is 14.9. The zero-order chi connectivity index (χ0) is 17.8. The van der Waals surface area contributed by atoms with E-state index in [-0.39, 0.29) is 11.4 Å². The molecule has 1 aliphatic heterocycles. The third kappa shape index (κ3) is 3.40. The number of benzene rings is 1. The van der Waals surface area contributed by atoms with E-state index in [1.54, 1.807) is 0 Å². The van der Waals surface area contributed by atoms with Gasteiger partial charge < -0.3 is 19.6 Å². The average molecular weight is 351 g/mol. The lowest BCUT2D eigenvalue weighted by atomic mass is 9.86.